The molecular weight excluding hydrogens is 256 g/mol. The third-order valence-corrected chi connectivity index (χ3v) is 2.50. The van der Waals surface area contributed by atoms with Crippen LogP contribution in [0.25, 0.3) is 0 Å². The van der Waals surface area contributed by atoms with Crippen molar-refractivity contribution in [3.8, 4) is 0 Å². The van der Waals surface area contributed by atoms with E-state index in [1.165, 1.54) is 0 Å². The Bertz CT molecular complexity index is 309. The Hall–Kier alpha value is -1.26. The molecule has 2 amide bonds. The van der Waals surface area contributed by atoms with E-state index >= 15 is 0 Å². The molecule has 20 heavy (non-hydrogen) atoms. The Morgan fingerprint density at radius 3 is 2.25 bits per heavy atom. The van der Waals surface area contributed by atoms with Gasteiger partial charge in [-0.05, 0) is 39.5 Å². The molecule has 5 nitrogen and oxygen atoms in total. The summed E-state index contributed by atoms with van der Waals surface area (Å²) in [6, 6.07) is -0.106. The number of nitrogens with one attached hydrogen (secondary N) is 2. The minimum absolute atomic E-state index is 0.0206. The molecule has 0 aliphatic heterocycles. The first-order valence-electron chi connectivity index (χ1n) is 7.40. The summed E-state index contributed by atoms with van der Waals surface area (Å²) in [5.74, 6) is 0.449. The van der Waals surface area contributed by atoms with Crippen LogP contribution in [0.15, 0.2) is 0 Å². The second-order valence-electron chi connectivity index (χ2n) is 6.53. The van der Waals surface area contributed by atoms with E-state index in [2.05, 4.69) is 24.5 Å². The van der Waals surface area contributed by atoms with Crippen molar-refractivity contribution in [1.29, 1.82) is 0 Å². The Kier molecular flexibility index (Phi) is 8.26. The molecule has 0 spiro atoms. The molecule has 2 N–H and O–H groups in total. The molecule has 1 atom stereocenters. The monoisotopic (exact) mass is 286 g/mol. The number of carbonyl (C=O) groups is 2. The second kappa shape index (κ2) is 8.82. The predicted molar refractivity (Wildman–Crippen MR) is 80.5 cm³/mol. The molecule has 0 radical (unpaired) electrons. The molecule has 0 bridgehead atoms. The van der Waals surface area contributed by atoms with Crippen LogP contribution in [0.3, 0.4) is 0 Å². The highest BCUT2D eigenvalue weighted by molar-refractivity contribution is 5.76. The lowest BCUT2D eigenvalue weighted by molar-refractivity contribution is -0.121. The van der Waals surface area contributed by atoms with Crippen molar-refractivity contribution >= 4 is 12.0 Å². The van der Waals surface area contributed by atoms with E-state index in [9.17, 15) is 9.59 Å². The topological polar surface area (TPSA) is 67.4 Å². The molecule has 0 saturated heterocycles. The molecule has 0 aromatic carbocycles. The molecule has 0 saturated carbocycles. The van der Waals surface area contributed by atoms with Gasteiger partial charge in [-0.15, -0.1) is 0 Å². The Balaban J connectivity index is 4.34. The van der Waals surface area contributed by atoms with Gasteiger partial charge in [-0.2, -0.15) is 0 Å². The Morgan fingerprint density at radius 1 is 1.20 bits per heavy atom. The van der Waals surface area contributed by atoms with Gasteiger partial charge in [0.2, 0.25) is 5.91 Å². The van der Waals surface area contributed by atoms with Crippen molar-refractivity contribution in [1.82, 2.24) is 10.6 Å². The van der Waals surface area contributed by atoms with Gasteiger partial charge in [0.15, 0.2) is 0 Å². The van der Waals surface area contributed by atoms with Gasteiger partial charge in [-0.25, -0.2) is 4.79 Å². The van der Waals surface area contributed by atoms with Gasteiger partial charge in [0, 0.05) is 19.0 Å². The van der Waals surface area contributed by atoms with E-state index in [1.807, 2.05) is 27.7 Å². The predicted octanol–water partition coefficient (Wildman–Crippen LogP) is 2.84. The fraction of sp³-hybridized carbons (Fsp3) is 0.867. The molecule has 0 rings (SSSR count). The van der Waals surface area contributed by atoms with E-state index in [1.54, 1.807) is 0 Å². The number of alkyl carbamates (subject to hydrolysis) is 1. The van der Waals surface area contributed by atoms with Crippen molar-refractivity contribution in [3.05, 3.63) is 0 Å². The third-order valence-electron chi connectivity index (χ3n) is 2.50. The molecule has 0 heterocycles. The van der Waals surface area contributed by atoms with E-state index in [4.69, 9.17) is 4.74 Å². The number of carbonyl (C=O) groups excluding carboxylic acids is 2. The highest BCUT2D eigenvalue weighted by atomic mass is 16.6. The van der Waals surface area contributed by atoms with E-state index < -0.39 is 11.7 Å². The molecule has 0 fully saturated rings. The van der Waals surface area contributed by atoms with Crippen molar-refractivity contribution in [2.24, 2.45) is 5.92 Å². The first-order chi connectivity index (χ1) is 9.14. The van der Waals surface area contributed by atoms with Crippen LogP contribution in [0.5, 0.6) is 0 Å². The average molecular weight is 286 g/mol. The zero-order valence-corrected chi connectivity index (χ0v) is 13.7. The molecule has 118 valence electrons. The lowest BCUT2D eigenvalue weighted by atomic mass is 10.0. The van der Waals surface area contributed by atoms with Crippen LogP contribution in [0.1, 0.15) is 60.8 Å². The van der Waals surface area contributed by atoms with Gasteiger partial charge in [0.25, 0.3) is 0 Å². The third kappa shape index (κ3) is 10.6. The maximum Gasteiger partial charge on any atom is 0.407 e. The van der Waals surface area contributed by atoms with Crippen LogP contribution >= 0.6 is 0 Å². The fourth-order valence-electron chi connectivity index (χ4n) is 1.79. The fourth-order valence-corrected chi connectivity index (χ4v) is 1.79. The van der Waals surface area contributed by atoms with Crippen molar-refractivity contribution in [2.45, 2.75) is 72.4 Å². The number of hydrogen-bond acceptors (Lipinski definition) is 3. The standard InChI is InChI=1S/C15H30N2O3/c1-7-8-13(18)16-10-12(9-11(2)3)17-14(19)20-15(4,5)6/h11-12H,7-10H2,1-6H3,(H,16,18)(H,17,19)/t12-/m0/s1. The summed E-state index contributed by atoms with van der Waals surface area (Å²) in [6.45, 7) is 12.0. The zero-order chi connectivity index (χ0) is 15.8. The quantitative estimate of drug-likeness (QED) is 0.756. The van der Waals surface area contributed by atoms with Crippen molar-refractivity contribution in [3.63, 3.8) is 0 Å². The summed E-state index contributed by atoms with van der Waals surface area (Å²) in [4.78, 5) is 23.3. The molecule has 0 unspecified atom stereocenters. The Labute approximate surface area is 122 Å². The van der Waals surface area contributed by atoms with Crippen LogP contribution in [-0.2, 0) is 9.53 Å². The van der Waals surface area contributed by atoms with Gasteiger partial charge in [0.05, 0.1) is 0 Å². The molecular formula is C15H30N2O3. The van der Waals surface area contributed by atoms with Crippen LogP contribution in [0.4, 0.5) is 4.79 Å². The summed E-state index contributed by atoms with van der Waals surface area (Å²) >= 11 is 0. The van der Waals surface area contributed by atoms with Crippen LogP contribution in [-0.4, -0.2) is 30.2 Å². The van der Waals surface area contributed by atoms with Crippen LogP contribution < -0.4 is 10.6 Å². The second-order valence-corrected chi connectivity index (χ2v) is 6.53. The minimum atomic E-state index is -0.516. The highest BCUT2D eigenvalue weighted by Gasteiger charge is 2.20. The first kappa shape index (κ1) is 18.7. The van der Waals surface area contributed by atoms with Gasteiger partial charge in [0.1, 0.15) is 5.60 Å². The van der Waals surface area contributed by atoms with Gasteiger partial charge >= 0.3 is 6.09 Å². The summed E-state index contributed by atoms with van der Waals surface area (Å²) < 4.78 is 5.24. The average Bonchev–Trinajstić information content (AvgIpc) is 2.22. The van der Waals surface area contributed by atoms with Gasteiger partial charge < -0.3 is 15.4 Å². The lowest BCUT2D eigenvalue weighted by Gasteiger charge is -2.24. The number of rotatable bonds is 7. The molecule has 0 aliphatic rings. The summed E-state index contributed by atoms with van der Waals surface area (Å²) in [7, 11) is 0. The van der Waals surface area contributed by atoms with Crippen LogP contribution in [0.2, 0.25) is 0 Å². The summed E-state index contributed by atoms with van der Waals surface area (Å²) in [5, 5.41) is 5.67. The summed E-state index contributed by atoms with van der Waals surface area (Å²) in [6.07, 6.45) is 1.69. The van der Waals surface area contributed by atoms with Gasteiger partial charge in [-0.3, -0.25) is 4.79 Å². The van der Waals surface area contributed by atoms with E-state index in [0.29, 0.717) is 18.9 Å². The maximum absolute atomic E-state index is 11.8. The number of amides is 2. The van der Waals surface area contributed by atoms with Crippen molar-refractivity contribution < 1.29 is 14.3 Å². The van der Waals surface area contributed by atoms with E-state index in [0.717, 1.165) is 12.8 Å². The zero-order valence-electron chi connectivity index (χ0n) is 13.7. The number of ether oxygens (including phenoxy) is 1. The summed E-state index contributed by atoms with van der Waals surface area (Å²) in [5.41, 5.74) is -0.516. The lowest BCUT2D eigenvalue weighted by Crippen LogP contribution is -2.46. The molecule has 0 aliphatic carbocycles. The van der Waals surface area contributed by atoms with Gasteiger partial charge in [-0.1, -0.05) is 20.8 Å². The molecule has 0 aromatic heterocycles. The van der Waals surface area contributed by atoms with Crippen molar-refractivity contribution in [2.75, 3.05) is 6.54 Å². The van der Waals surface area contributed by atoms with E-state index in [-0.39, 0.29) is 11.9 Å². The largest absolute Gasteiger partial charge is 0.444 e. The minimum Gasteiger partial charge on any atom is -0.444 e. The number of hydrogen-bond donors (Lipinski definition) is 2. The maximum atomic E-state index is 11.8. The normalized spacial score (nSPS) is 12.9. The smallest absolute Gasteiger partial charge is 0.407 e. The molecule has 5 heteroatoms. The Morgan fingerprint density at radius 2 is 1.80 bits per heavy atom. The SMILES string of the molecule is CCCC(=O)NC[C@H](CC(C)C)NC(=O)OC(C)(C)C. The van der Waals surface area contributed by atoms with Crippen LogP contribution in [0, 0.1) is 5.92 Å². The molecule has 0 aromatic rings. The first-order valence-corrected chi connectivity index (χ1v) is 7.40. The highest BCUT2D eigenvalue weighted by Crippen LogP contribution is 2.09.